The molecule has 0 saturated carbocycles. The summed E-state index contributed by atoms with van der Waals surface area (Å²) < 4.78 is 26.1. The van der Waals surface area contributed by atoms with Gasteiger partial charge in [-0.1, -0.05) is 35.3 Å². The van der Waals surface area contributed by atoms with Crippen molar-refractivity contribution in [1.82, 2.24) is 4.72 Å². The first kappa shape index (κ1) is 19.6. The summed E-state index contributed by atoms with van der Waals surface area (Å²) in [6.07, 6.45) is 2.22. The van der Waals surface area contributed by atoms with E-state index in [1.54, 1.807) is 18.2 Å². The molecule has 3 rings (SSSR count). The van der Waals surface area contributed by atoms with Crippen LogP contribution < -0.4 is 9.62 Å². The third-order valence-corrected chi connectivity index (χ3v) is 7.38. The SMILES string of the molecule is CN1C(=O)C(=O)c2c(/C=C/C(=O)NS(=O)(=O)c3cc(Cl)c(Cl)s3)cccc21. The van der Waals surface area contributed by atoms with Gasteiger partial charge in [-0.3, -0.25) is 14.4 Å². The number of thiophene rings is 1. The molecule has 0 radical (unpaired) electrons. The molecule has 0 unspecified atom stereocenters. The maximum absolute atomic E-state index is 12.2. The molecule has 1 aliphatic heterocycles. The number of halogens is 2. The largest absolute Gasteiger partial charge is 0.308 e. The van der Waals surface area contributed by atoms with Crippen LogP contribution >= 0.6 is 34.5 Å². The van der Waals surface area contributed by atoms with Crippen molar-refractivity contribution in [2.24, 2.45) is 0 Å². The van der Waals surface area contributed by atoms with Crippen LogP contribution in [0, 0.1) is 0 Å². The average molecular weight is 445 g/mol. The Bertz CT molecular complexity index is 1100. The molecule has 27 heavy (non-hydrogen) atoms. The third kappa shape index (κ3) is 3.63. The lowest BCUT2D eigenvalue weighted by molar-refractivity contribution is -0.115. The van der Waals surface area contributed by atoms with Crippen LogP contribution in [-0.2, 0) is 19.6 Å². The topological polar surface area (TPSA) is 101 Å². The number of hydrogen-bond acceptors (Lipinski definition) is 6. The predicted octanol–water partition coefficient (Wildman–Crippen LogP) is 2.73. The van der Waals surface area contributed by atoms with Crippen LogP contribution in [0.5, 0.6) is 0 Å². The number of nitrogens with zero attached hydrogens (tertiary/aromatic N) is 1. The first-order chi connectivity index (χ1) is 12.6. The van der Waals surface area contributed by atoms with Gasteiger partial charge in [-0.25, -0.2) is 13.1 Å². The van der Waals surface area contributed by atoms with Crippen molar-refractivity contribution in [2.45, 2.75) is 4.21 Å². The lowest BCUT2D eigenvalue weighted by Gasteiger charge is -2.08. The highest BCUT2D eigenvalue weighted by Crippen LogP contribution is 2.34. The fourth-order valence-corrected chi connectivity index (χ4v) is 5.26. The van der Waals surface area contributed by atoms with Crippen LogP contribution in [0.1, 0.15) is 15.9 Å². The number of rotatable bonds is 4. The maximum Gasteiger partial charge on any atom is 0.299 e. The van der Waals surface area contributed by atoms with Gasteiger partial charge in [0.05, 0.1) is 16.3 Å². The van der Waals surface area contributed by atoms with E-state index in [1.807, 2.05) is 4.72 Å². The quantitative estimate of drug-likeness (QED) is 0.576. The number of amides is 2. The number of sulfonamides is 1. The van der Waals surface area contributed by atoms with Crippen molar-refractivity contribution in [1.29, 1.82) is 0 Å². The molecule has 0 spiro atoms. The number of nitrogens with one attached hydrogen (secondary N) is 1. The Morgan fingerprint density at radius 2 is 1.96 bits per heavy atom. The van der Waals surface area contributed by atoms with Crippen molar-refractivity contribution >= 4 is 73.9 Å². The highest BCUT2D eigenvalue weighted by atomic mass is 35.5. The molecule has 11 heteroatoms. The molecule has 2 heterocycles. The fourth-order valence-electron chi connectivity index (χ4n) is 2.43. The van der Waals surface area contributed by atoms with Gasteiger partial charge in [-0.2, -0.15) is 0 Å². The number of anilines is 1. The van der Waals surface area contributed by atoms with E-state index in [4.69, 9.17) is 23.2 Å². The van der Waals surface area contributed by atoms with E-state index >= 15 is 0 Å². The zero-order chi connectivity index (χ0) is 19.9. The van der Waals surface area contributed by atoms with Gasteiger partial charge < -0.3 is 4.90 Å². The summed E-state index contributed by atoms with van der Waals surface area (Å²) in [7, 11) is -2.67. The van der Waals surface area contributed by atoms with E-state index in [1.165, 1.54) is 18.0 Å². The predicted molar refractivity (Wildman–Crippen MR) is 103 cm³/mol. The summed E-state index contributed by atoms with van der Waals surface area (Å²) in [4.78, 5) is 37.1. The van der Waals surface area contributed by atoms with Crippen LogP contribution in [0.4, 0.5) is 5.69 Å². The van der Waals surface area contributed by atoms with E-state index in [2.05, 4.69) is 0 Å². The number of fused-ring (bicyclic) bond motifs is 1. The Morgan fingerprint density at radius 1 is 1.26 bits per heavy atom. The molecule has 0 bridgehead atoms. The number of carbonyl (C=O) groups excluding carboxylic acids is 3. The molecule has 140 valence electrons. The molecular formula is C16H10Cl2N2O5S2. The zero-order valence-electron chi connectivity index (χ0n) is 13.5. The molecule has 1 N–H and O–H groups in total. The van der Waals surface area contributed by atoms with E-state index in [9.17, 15) is 22.8 Å². The van der Waals surface area contributed by atoms with Gasteiger partial charge in [0.1, 0.15) is 8.55 Å². The number of likely N-dealkylation sites (N-methyl/N-ethyl adjacent to an activating group) is 1. The summed E-state index contributed by atoms with van der Waals surface area (Å²) in [5.74, 6) is -2.30. The van der Waals surface area contributed by atoms with E-state index in [0.717, 1.165) is 12.1 Å². The lowest BCUT2D eigenvalue weighted by atomic mass is 10.0. The summed E-state index contributed by atoms with van der Waals surface area (Å²) >= 11 is 12.2. The van der Waals surface area contributed by atoms with Gasteiger partial charge in [-0.15, -0.1) is 11.3 Å². The highest BCUT2D eigenvalue weighted by molar-refractivity contribution is 7.92. The fraction of sp³-hybridized carbons (Fsp3) is 0.0625. The number of hydrogen-bond donors (Lipinski definition) is 1. The Balaban J connectivity index is 1.83. The third-order valence-electron chi connectivity index (χ3n) is 3.70. The second kappa shape index (κ2) is 7.08. The Kier molecular flexibility index (Phi) is 5.13. The minimum absolute atomic E-state index is 0.0668. The van der Waals surface area contributed by atoms with Gasteiger partial charge in [0.25, 0.3) is 27.6 Å². The van der Waals surface area contributed by atoms with Crippen LogP contribution in [-0.4, -0.2) is 33.1 Å². The average Bonchev–Trinajstić information content (AvgIpc) is 3.06. The van der Waals surface area contributed by atoms with Crippen LogP contribution in [0.2, 0.25) is 9.36 Å². The molecule has 2 aromatic rings. The van der Waals surface area contributed by atoms with Crippen molar-refractivity contribution < 1.29 is 22.8 Å². The number of benzene rings is 1. The van der Waals surface area contributed by atoms with Crippen LogP contribution in [0.25, 0.3) is 6.08 Å². The molecule has 1 aromatic carbocycles. The maximum atomic E-state index is 12.2. The van der Waals surface area contributed by atoms with Crippen molar-refractivity contribution in [3.05, 3.63) is 50.8 Å². The minimum Gasteiger partial charge on any atom is -0.308 e. The molecular weight excluding hydrogens is 435 g/mol. The standard InChI is InChI=1S/C16H10Cl2N2O5S2/c1-20-10-4-2-3-8(13(10)14(22)16(20)23)5-6-11(21)19-27(24,25)12-7-9(17)15(18)26-12/h2-7H,1H3,(H,19,21)/b6-5+. The molecule has 0 aliphatic carbocycles. The van der Waals surface area contributed by atoms with Crippen molar-refractivity contribution in [3.63, 3.8) is 0 Å². The Hall–Kier alpha value is -2.20. The number of ketones is 1. The minimum atomic E-state index is -4.14. The molecule has 1 aromatic heterocycles. The Labute approximate surface area is 168 Å². The molecule has 1 aliphatic rings. The second-order valence-electron chi connectivity index (χ2n) is 5.42. The first-order valence-corrected chi connectivity index (χ1v) is 10.3. The monoisotopic (exact) mass is 444 g/mol. The number of carbonyl (C=O) groups is 3. The molecule has 0 saturated heterocycles. The molecule has 7 nitrogen and oxygen atoms in total. The van der Waals surface area contributed by atoms with Crippen LogP contribution in [0.15, 0.2) is 34.6 Å². The zero-order valence-corrected chi connectivity index (χ0v) is 16.7. The summed E-state index contributed by atoms with van der Waals surface area (Å²) in [6, 6.07) is 5.90. The molecule has 0 atom stereocenters. The molecule has 2 amide bonds. The van der Waals surface area contributed by atoms with Gasteiger partial charge in [-0.05, 0) is 23.8 Å². The van der Waals surface area contributed by atoms with Crippen molar-refractivity contribution in [2.75, 3.05) is 11.9 Å². The second-order valence-corrected chi connectivity index (χ2v) is 9.40. The lowest BCUT2D eigenvalue weighted by Crippen LogP contribution is -2.28. The van der Waals surface area contributed by atoms with Gasteiger partial charge in [0.2, 0.25) is 0 Å². The van der Waals surface area contributed by atoms with E-state index in [0.29, 0.717) is 22.6 Å². The summed E-state index contributed by atoms with van der Waals surface area (Å²) in [5, 5.41) is 0.0668. The summed E-state index contributed by atoms with van der Waals surface area (Å²) in [6.45, 7) is 0. The Morgan fingerprint density at radius 3 is 2.59 bits per heavy atom. The smallest absolute Gasteiger partial charge is 0.299 e. The van der Waals surface area contributed by atoms with E-state index in [-0.39, 0.29) is 19.1 Å². The van der Waals surface area contributed by atoms with E-state index < -0.39 is 27.6 Å². The summed E-state index contributed by atoms with van der Waals surface area (Å²) in [5.41, 5.74) is 0.904. The molecule has 0 fully saturated rings. The van der Waals surface area contributed by atoms with Gasteiger partial charge in [0.15, 0.2) is 0 Å². The van der Waals surface area contributed by atoms with Crippen LogP contribution in [0.3, 0.4) is 0 Å². The normalized spacial score (nSPS) is 14.1. The highest BCUT2D eigenvalue weighted by Gasteiger charge is 2.34. The van der Waals surface area contributed by atoms with Gasteiger partial charge in [0, 0.05) is 13.1 Å². The number of Topliss-reactive ketones (excluding diaryl/α,β-unsaturated/α-hetero) is 1. The first-order valence-electron chi connectivity index (χ1n) is 7.27. The van der Waals surface area contributed by atoms with Crippen molar-refractivity contribution in [3.8, 4) is 0 Å². The van der Waals surface area contributed by atoms with Gasteiger partial charge >= 0.3 is 0 Å².